The number of nitrogens with one attached hydrogen (secondary N) is 1. The Balaban J connectivity index is 1.64. The van der Waals surface area contributed by atoms with Crippen molar-refractivity contribution in [2.75, 3.05) is 33.4 Å². The second-order valence-corrected chi connectivity index (χ2v) is 5.87. The van der Waals surface area contributed by atoms with Crippen molar-refractivity contribution in [1.82, 2.24) is 0 Å². The van der Waals surface area contributed by atoms with Gasteiger partial charge in [0, 0.05) is 0 Å². The van der Waals surface area contributed by atoms with Crippen LogP contribution in [0.4, 0.5) is 0 Å². The molecule has 1 aromatic rings. The lowest BCUT2D eigenvalue weighted by atomic mass is 10.2. The van der Waals surface area contributed by atoms with E-state index in [1.165, 1.54) is 13.0 Å². The van der Waals surface area contributed by atoms with Crippen LogP contribution in [0.2, 0.25) is 0 Å². The highest BCUT2D eigenvalue weighted by atomic mass is 16.5. The molecule has 1 N–H and O–H groups in total. The van der Waals surface area contributed by atoms with Crippen molar-refractivity contribution in [3.05, 3.63) is 24.3 Å². The molecule has 3 atom stereocenters. The molecule has 118 valence electrons. The Morgan fingerprint density at radius 2 is 1.76 bits per heavy atom. The SMILES string of the molecule is COc1ccccc1OCCCC[NH+]1C[C@@H](C)O[C@@H](C)C1. The molecule has 1 aliphatic heterocycles. The Bertz CT molecular complexity index is 414. The molecule has 1 fully saturated rings. The lowest BCUT2D eigenvalue weighted by Gasteiger charge is -2.32. The number of rotatable bonds is 7. The number of morpholine rings is 1. The minimum atomic E-state index is 0.383. The van der Waals surface area contributed by atoms with Gasteiger partial charge in [0.1, 0.15) is 25.3 Å². The average Bonchev–Trinajstić information content (AvgIpc) is 2.46. The lowest BCUT2D eigenvalue weighted by Crippen LogP contribution is -3.15. The zero-order chi connectivity index (χ0) is 15.1. The third-order valence-corrected chi connectivity index (χ3v) is 3.87. The van der Waals surface area contributed by atoms with Crippen LogP contribution >= 0.6 is 0 Å². The Morgan fingerprint density at radius 1 is 1.10 bits per heavy atom. The number of methoxy groups -OCH3 is 1. The first-order chi connectivity index (χ1) is 10.2. The summed E-state index contributed by atoms with van der Waals surface area (Å²) in [5.41, 5.74) is 0. The van der Waals surface area contributed by atoms with E-state index in [4.69, 9.17) is 14.2 Å². The van der Waals surface area contributed by atoms with Crippen LogP contribution in [0.25, 0.3) is 0 Å². The fourth-order valence-corrected chi connectivity index (χ4v) is 2.99. The van der Waals surface area contributed by atoms with Crippen LogP contribution in [-0.2, 0) is 4.74 Å². The van der Waals surface area contributed by atoms with Gasteiger partial charge in [0.15, 0.2) is 11.5 Å². The van der Waals surface area contributed by atoms with Crippen molar-refractivity contribution in [3.8, 4) is 11.5 Å². The number of para-hydroxylation sites is 2. The number of ether oxygens (including phenoxy) is 3. The minimum absolute atomic E-state index is 0.383. The summed E-state index contributed by atoms with van der Waals surface area (Å²) < 4.78 is 16.8. The van der Waals surface area contributed by atoms with Gasteiger partial charge in [0.05, 0.1) is 20.3 Å². The van der Waals surface area contributed by atoms with E-state index in [9.17, 15) is 0 Å². The summed E-state index contributed by atoms with van der Waals surface area (Å²) in [5, 5.41) is 0. The molecule has 1 saturated heterocycles. The molecule has 1 unspecified atom stereocenters. The van der Waals surface area contributed by atoms with Gasteiger partial charge in [0.2, 0.25) is 0 Å². The summed E-state index contributed by atoms with van der Waals surface area (Å²) in [6, 6.07) is 7.81. The van der Waals surface area contributed by atoms with E-state index in [0.29, 0.717) is 12.2 Å². The number of hydrogen-bond acceptors (Lipinski definition) is 3. The molecule has 0 radical (unpaired) electrons. The van der Waals surface area contributed by atoms with Crippen LogP contribution < -0.4 is 14.4 Å². The van der Waals surface area contributed by atoms with Crippen molar-refractivity contribution >= 4 is 0 Å². The van der Waals surface area contributed by atoms with Gasteiger partial charge >= 0.3 is 0 Å². The van der Waals surface area contributed by atoms with Crippen molar-refractivity contribution in [2.45, 2.75) is 38.9 Å². The average molecular weight is 294 g/mol. The first-order valence-electron chi connectivity index (χ1n) is 7.94. The zero-order valence-electron chi connectivity index (χ0n) is 13.4. The van der Waals surface area contributed by atoms with Gasteiger partial charge < -0.3 is 19.1 Å². The fraction of sp³-hybridized carbons (Fsp3) is 0.647. The highest BCUT2D eigenvalue weighted by molar-refractivity contribution is 5.39. The first-order valence-corrected chi connectivity index (χ1v) is 7.94. The van der Waals surface area contributed by atoms with Gasteiger partial charge in [-0.15, -0.1) is 0 Å². The van der Waals surface area contributed by atoms with E-state index in [-0.39, 0.29) is 0 Å². The molecular formula is C17H28NO3+. The van der Waals surface area contributed by atoms with Crippen LogP contribution in [-0.4, -0.2) is 45.6 Å². The monoisotopic (exact) mass is 294 g/mol. The van der Waals surface area contributed by atoms with Gasteiger partial charge in [0.25, 0.3) is 0 Å². The topological polar surface area (TPSA) is 32.1 Å². The molecule has 21 heavy (non-hydrogen) atoms. The van der Waals surface area contributed by atoms with Gasteiger partial charge in [-0.3, -0.25) is 0 Å². The summed E-state index contributed by atoms with van der Waals surface area (Å²) >= 11 is 0. The summed E-state index contributed by atoms with van der Waals surface area (Å²) in [4.78, 5) is 1.65. The quantitative estimate of drug-likeness (QED) is 0.774. The zero-order valence-corrected chi connectivity index (χ0v) is 13.4. The van der Waals surface area contributed by atoms with Gasteiger partial charge in [-0.2, -0.15) is 0 Å². The van der Waals surface area contributed by atoms with E-state index in [0.717, 1.165) is 37.6 Å². The molecule has 1 aliphatic rings. The van der Waals surface area contributed by atoms with Crippen LogP contribution in [0.1, 0.15) is 26.7 Å². The van der Waals surface area contributed by atoms with Crippen molar-refractivity contribution in [3.63, 3.8) is 0 Å². The van der Waals surface area contributed by atoms with Crippen LogP contribution in [0.5, 0.6) is 11.5 Å². The van der Waals surface area contributed by atoms with E-state index in [1.54, 1.807) is 12.0 Å². The summed E-state index contributed by atoms with van der Waals surface area (Å²) in [5.74, 6) is 1.64. The highest BCUT2D eigenvalue weighted by Crippen LogP contribution is 2.25. The number of quaternary nitrogens is 1. The molecule has 4 heteroatoms. The predicted molar refractivity (Wildman–Crippen MR) is 83.3 cm³/mol. The third kappa shape index (κ3) is 5.21. The second-order valence-electron chi connectivity index (χ2n) is 5.87. The smallest absolute Gasteiger partial charge is 0.161 e. The molecule has 4 nitrogen and oxygen atoms in total. The highest BCUT2D eigenvalue weighted by Gasteiger charge is 2.24. The molecule has 0 saturated carbocycles. The van der Waals surface area contributed by atoms with Gasteiger partial charge in [-0.25, -0.2) is 0 Å². The predicted octanol–water partition coefficient (Wildman–Crippen LogP) is 1.55. The van der Waals surface area contributed by atoms with Crippen LogP contribution in [0, 0.1) is 0 Å². The Morgan fingerprint density at radius 3 is 2.43 bits per heavy atom. The molecule has 0 spiro atoms. The molecule has 2 rings (SSSR count). The van der Waals surface area contributed by atoms with Crippen LogP contribution in [0.3, 0.4) is 0 Å². The molecule has 0 bridgehead atoms. The maximum Gasteiger partial charge on any atom is 0.161 e. The van der Waals surface area contributed by atoms with Crippen LogP contribution in [0.15, 0.2) is 24.3 Å². The Labute approximate surface area is 128 Å². The van der Waals surface area contributed by atoms with E-state index >= 15 is 0 Å². The maximum absolute atomic E-state index is 5.80. The van der Waals surface area contributed by atoms with Crippen molar-refractivity contribution < 1.29 is 19.1 Å². The number of hydrogen-bond donors (Lipinski definition) is 1. The molecule has 1 aromatic carbocycles. The third-order valence-electron chi connectivity index (χ3n) is 3.87. The molecule has 0 amide bonds. The van der Waals surface area contributed by atoms with Crippen molar-refractivity contribution in [2.24, 2.45) is 0 Å². The minimum Gasteiger partial charge on any atom is -0.493 e. The van der Waals surface area contributed by atoms with E-state index in [2.05, 4.69) is 13.8 Å². The Kier molecular flexibility index (Phi) is 6.33. The van der Waals surface area contributed by atoms with Crippen molar-refractivity contribution in [1.29, 1.82) is 0 Å². The second kappa shape index (κ2) is 8.25. The first kappa shape index (κ1) is 16.1. The van der Waals surface area contributed by atoms with E-state index in [1.807, 2.05) is 24.3 Å². The number of unbranched alkanes of at least 4 members (excludes halogenated alkanes) is 1. The van der Waals surface area contributed by atoms with Gasteiger partial charge in [-0.1, -0.05) is 12.1 Å². The summed E-state index contributed by atoms with van der Waals surface area (Å²) in [7, 11) is 1.67. The fourth-order valence-electron chi connectivity index (χ4n) is 2.99. The normalized spacial score (nSPS) is 25.6. The molecule has 0 aromatic heterocycles. The summed E-state index contributed by atoms with van der Waals surface area (Å²) in [6.07, 6.45) is 3.02. The molecular weight excluding hydrogens is 266 g/mol. The molecule has 0 aliphatic carbocycles. The number of benzene rings is 1. The summed E-state index contributed by atoms with van der Waals surface area (Å²) in [6.45, 7) is 8.53. The maximum atomic E-state index is 5.80. The standard InChI is InChI=1S/C17H27NO3/c1-14-12-18(13-15(2)21-14)10-6-7-11-20-17-9-5-4-8-16(17)19-3/h4-5,8-9,14-15H,6-7,10-13H2,1-3H3/p+1/t14-,15+. The van der Waals surface area contributed by atoms with Gasteiger partial charge in [-0.05, 0) is 38.8 Å². The molecule has 1 heterocycles. The lowest BCUT2D eigenvalue weighted by molar-refractivity contribution is -0.915. The van der Waals surface area contributed by atoms with E-state index < -0.39 is 0 Å². The largest absolute Gasteiger partial charge is 0.493 e. The Hall–Kier alpha value is -1.26.